The molecule has 0 bridgehead atoms. The Morgan fingerprint density at radius 3 is 1.39 bits per heavy atom. The van der Waals surface area contributed by atoms with Crippen LogP contribution in [0.5, 0.6) is 0 Å². The van der Waals surface area contributed by atoms with E-state index in [2.05, 4.69) is 50.2 Å². The zero-order valence-corrected chi connectivity index (χ0v) is 20.0. The summed E-state index contributed by atoms with van der Waals surface area (Å²) in [6, 6.07) is 15.2. The summed E-state index contributed by atoms with van der Waals surface area (Å²) in [5.74, 6) is 1.59. The Hall–Kier alpha value is -1.56. The number of hydrogen-bond donors (Lipinski definition) is 0. The summed E-state index contributed by atoms with van der Waals surface area (Å²) >= 11 is 0. The summed E-state index contributed by atoms with van der Waals surface area (Å²) in [6.07, 6.45) is 19.5. The summed E-state index contributed by atoms with van der Waals surface area (Å²) in [4.78, 5) is 0. The highest BCUT2D eigenvalue weighted by Gasteiger charge is 2.38. The molecule has 5 rings (SSSR count). The van der Waals surface area contributed by atoms with Gasteiger partial charge in [0.25, 0.3) is 0 Å². The van der Waals surface area contributed by atoms with Crippen molar-refractivity contribution >= 4 is 0 Å². The van der Waals surface area contributed by atoms with Gasteiger partial charge in [-0.2, -0.15) is 0 Å². The lowest BCUT2D eigenvalue weighted by Gasteiger charge is -2.34. The average Bonchev–Trinajstić information content (AvgIpc) is 3.32. The van der Waals surface area contributed by atoms with Crippen molar-refractivity contribution in [1.29, 1.82) is 0 Å². The van der Waals surface area contributed by atoms with Crippen LogP contribution >= 0.6 is 0 Å². The largest absolute Gasteiger partial charge is 0.0587 e. The minimum Gasteiger partial charge on any atom is -0.0587 e. The van der Waals surface area contributed by atoms with E-state index in [1.54, 1.807) is 22.3 Å². The molecular formula is C31H42. The van der Waals surface area contributed by atoms with Crippen molar-refractivity contribution in [2.24, 2.45) is 0 Å². The molecule has 0 aliphatic heterocycles. The van der Waals surface area contributed by atoms with Gasteiger partial charge in [0.2, 0.25) is 0 Å². The van der Waals surface area contributed by atoms with Crippen LogP contribution in [0.4, 0.5) is 0 Å². The van der Waals surface area contributed by atoms with Gasteiger partial charge in [-0.25, -0.2) is 0 Å². The van der Waals surface area contributed by atoms with Crippen LogP contribution in [0.2, 0.25) is 0 Å². The quantitative estimate of drug-likeness (QED) is 0.467. The Morgan fingerprint density at radius 1 is 0.548 bits per heavy atom. The SMILES string of the molecule is Cc1ccc(C2(c3ccc(C)c(C4CCCCC4)c3)CCCC2)cc1C1CCCCC1. The third-order valence-electron chi connectivity index (χ3n) is 9.21. The average molecular weight is 415 g/mol. The Balaban J connectivity index is 1.55. The molecule has 0 nitrogen and oxygen atoms in total. The smallest absolute Gasteiger partial charge is 0.0203 e. The lowest BCUT2D eigenvalue weighted by Crippen LogP contribution is -2.25. The van der Waals surface area contributed by atoms with Crippen LogP contribution in [-0.2, 0) is 5.41 Å². The number of hydrogen-bond acceptors (Lipinski definition) is 0. The van der Waals surface area contributed by atoms with Crippen molar-refractivity contribution in [1.82, 2.24) is 0 Å². The number of rotatable bonds is 4. The van der Waals surface area contributed by atoms with E-state index in [9.17, 15) is 0 Å². The first-order valence-corrected chi connectivity index (χ1v) is 13.4. The molecule has 0 aromatic heterocycles. The molecule has 0 amide bonds. The first kappa shape index (κ1) is 21.3. The molecule has 3 saturated carbocycles. The fourth-order valence-electron chi connectivity index (χ4n) is 7.31. The fourth-order valence-corrected chi connectivity index (χ4v) is 7.31. The summed E-state index contributed by atoms with van der Waals surface area (Å²) in [5.41, 5.74) is 9.87. The lowest BCUT2D eigenvalue weighted by molar-refractivity contribution is 0.439. The van der Waals surface area contributed by atoms with Crippen LogP contribution < -0.4 is 0 Å². The monoisotopic (exact) mass is 414 g/mol. The van der Waals surface area contributed by atoms with Crippen molar-refractivity contribution in [2.45, 2.75) is 121 Å². The molecule has 0 N–H and O–H groups in total. The molecule has 2 aromatic carbocycles. The Bertz CT molecular complexity index is 817. The molecule has 3 aliphatic rings. The zero-order chi connectivity index (χ0) is 21.3. The van der Waals surface area contributed by atoms with Crippen LogP contribution in [0.25, 0.3) is 0 Å². The second-order valence-electron chi connectivity index (χ2n) is 11.1. The molecular weight excluding hydrogens is 372 g/mol. The highest BCUT2D eigenvalue weighted by atomic mass is 14.4. The second-order valence-corrected chi connectivity index (χ2v) is 11.1. The molecule has 2 aromatic rings. The summed E-state index contributed by atoms with van der Waals surface area (Å²) in [7, 11) is 0. The Morgan fingerprint density at radius 2 is 0.968 bits per heavy atom. The van der Waals surface area contributed by atoms with Gasteiger partial charge in [-0.1, -0.05) is 87.8 Å². The third-order valence-corrected chi connectivity index (χ3v) is 9.21. The molecule has 3 aliphatic carbocycles. The number of benzene rings is 2. The van der Waals surface area contributed by atoms with E-state index in [0.29, 0.717) is 0 Å². The normalized spacial score (nSPS) is 22.6. The summed E-state index contributed by atoms with van der Waals surface area (Å²) < 4.78 is 0. The minimum absolute atomic E-state index is 0.244. The first-order valence-electron chi connectivity index (χ1n) is 13.4. The lowest BCUT2D eigenvalue weighted by atomic mass is 9.70. The van der Waals surface area contributed by atoms with Crippen molar-refractivity contribution in [3.8, 4) is 0 Å². The van der Waals surface area contributed by atoms with Gasteiger partial charge in [0.15, 0.2) is 0 Å². The predicted octanol–water partition coefficient (Wildman–Crippen LogP) is 9.26. The topological polar surface area (TPSA) is 0 Å². The third kappa shape index (κ3) is 4.12. The van der Waals surface area contributed by atoms with E-state index >= 15 is 0 Å². The molecule has 0 spiro atoms. The van der Waals surface area contributed by atoms with E-state index in [-0.39, 0.29) is 5.41 Å². The van der Waals surface area contributed by atoms with Gasteiger partial charge in [0.1, 0.15) is 0 Å². The maximum atomic E-state index is 2.66. The molecule has 3 fully saturated rings. The Kier molecular flexibility index (Phi) is 6.27. The van der Waals surface area contributed by atoms with E-state index in [4.69, 9.17) is 0 Å². The van der Waals surface area contributed by atoms with Crippen LogP contribution in [-0.4, -0.2) is 0 Å². The molecule has 31 heavy (non-hydrogen) atoms. The van der Waals surface area contributed by atoms with Gasteiger partial charge in [-0.05, 0) is 97.6 Å². The van der Waals surface area contributed by atoms with E-state index < -0.39 is 0 Å². The number of aryl methyl sites for hydroxylation is 2. The van der Waals surface area contributed by atoms with Gasteiger partial charge in [0.05, 0.1) is 0 Å². The van der Waals surface area contributed by atoms with Crippen molar-refractivity contribution in [3.05, 3.63) is 69.8 Å². The van der Waals surface area contributed by atoms with Crippen LogP contribution in [0.3, 0.4) is 0 Å². The fraction of sp³-hybridized carbons (Fsp3) is 0.613. The molecule has 0 unspecified atom stereocenters. The van der Waals surface area contributed by atoms with Crippen molar-refractivity contribution in [3.63, 3.8) is 0 Å². The molecule has 0 heteroatoms. The maximum Gasteiger partial charge on any atom is 0.0203 e. The van der Waals surface area contributed by atoms with E-state index in [1.807, 2.05) is 0 Å². The predicted molar refractivity (Wildman–Crippen MR) is 133 cm³/mol. The Labute approximate surface area is 190 Å². The van der Waals surface area contributed by atoms with E-state index in [1.165, 1.54) is 101 Å². The van der Waals surface area contributed by atoms with Gasteiger partial charge in [0, 0.05) is 5.41 Å². The van der Waals surface area contributed by atoms with Gasteiger partial charge < -0.3 is 0 Å². The molecule has 0 saturated heterocycles. The van der Waals surface area contributed by atoms with Crippen LogP contribution in [0, 0.1) is 13.8 Å². The van der Waals surface area contributed by atoms with Gasteiger partial charge in [-0.3, -0.25) is 0 Å². The minimum atomic E-state index is 0.244. The van der Waals surface area contributed by atoms with Crippen molar-refractivity contribution in [2.75, 3.05) is 0 Å². The summed E-state index contributed by atoms with van der Waals surface area (Å²) in [5, 5.41) is 0. The molecule has 0 radical (unpaired) electrons. The highest BCUT2D eigenvalue weighted by Crippen LogP contribution is 2.49. The highest BCUT2D eigenvalue weighted by molar-refractivity contribution is 5.47. The molecule has 0 heterocycles. The van der Waals surface area contributed by atoms with Crippen molar-refractivity contribution < 1.29 is 0 Å². The standard InChI is InChI=1S/C31H42/c1-23-15-17-27(21-29(23)25-11-5-3-6-12-25)31(19-9-10-20-31)28-18-16-24(2)30(22-28)26-13-7-4-8-14-26/h15-18,21-22,25-26H,3-14,19-20H2,1-2H3. The molecule has 166 valence electrons. The van der Waals surface area contributed by atoms with Crippen LogP contribution in [0.1, 0.15) is 135 Å². The second kappa shape index (κ2) is 9.13. The van der Waals surface area contributed by atoms with Crippen LogP contribution in [0.15, 0.2) is 36.4 Å². The first-order chi connectivity index (χ1) is 15.2. The molecule has 0 atom stereocenters. The van der Waals surface area contributed by atoms with Gasteiger partial charge >= 0.3 is 0 Å². The van der Waals surface area contributed by atoms with Gasteiger partial charge in [-0.15, -0.1) is 0 Å². The summed E-state index contributed by atoms with van der Waals surface area (Å²) in [6.45, 7) is 4.70. The van der Waals surface area contributed by atoms with E-state index in [0.717, 1.165) is 11.8 Å². The zero-order valence-electron chi connectivity index (χ0n) is 20.0. The maximum absolute atomic E-state index is 2.66.